The Kier molecular flexibility index (Phi) is 3.24. The first-order valence-corrected chi connectivity index (χ1v) is 5.07. The van der Waals surface area contributed by atoms with Gasteiger partial charge in [0.05, 0.1) is 23.3 Å². The van der Waals surface area contributed by atoms with Crippen LogP contribution in [0.2, 0.25) is 5.02 Å². The highest BCUT2D eigenvalue weighted by Crippen LogP contribution is 2.20. The minimum atomic E-state index is -1.07. The Hall–Kier alpha value is -2.08. The van der Waals surface area contributed by atoms with Crippen LogP contribution < -0.4 is 5.32 Å². The molecule has 2 aromatic heterocycles. The second-order valence-corrected chi connectivity index (χ2v) is 3.60. The number of nitrogens with zero attached hydrogens (tertiary/aromatic N) is 2. The van der Waals surface area contributed by atoms with E-state index >= 15 is 0 Å². The molecule has 0 spiro atoms. The molecule has 6 nitrogen and oxygen atoms in total. The van der Waals surface area contributed by atoms with Gasteiger partial charge in [0, 0.05) is 12.3 Å². The summed E-state index contributed by atoms with van der Waals surface area (Å²) in [7, 11) is 0. The van der Waals surface area contributed by atoms with E-state index in [1.165, 1.54) is 18.5 Å². The molecule has 88 valence electrons. The van der Waals surface area contributed by atoms with Crippen molar-refractivity contribution in [1.82, 2.24) is 10.1 Å². The topological polar surface area (TPSA) is 88.2 Å². The molecule has 0 saturated heterocycles. The Bertz CT molecular complexity index is 528. The largest absolute Gasteiger partial charge is 0.478 e. The Morgan fingerprint density at radius 2 is 2.41 bits per heavy atom. The summed E-state index contributed by atoms with van der Waals surface area (Å²) in [5, 5.41) is 15.4. The summed E-state index contributed by atoms with van der Waals surface area (Å²) in [6.45, 7) is 0.374. The molecule has 2 rings (SSSR count). The summed E-state index contributed by atoms with van der Waals surface area (Å²) in [6.07, 6.45) is 2.76. The van der Waals surface area contributed by atoms with Gasteiger partial charge in [-0.1, -0.05) is 16.8 Å². The molecular formula is C10H8ClN3O3. The lowest BCUT2D eigenvalue weighted by atomic mass is 10.3. The lowest BCUT2D eigenvalue weighted by molar-refractivity contribution is 0.0696. The Morgan fingerprint density at radius 3 is 3.00 bits per heavy atom. The number of carboxylic acids is 1. The van der Waals surface area contributed by atoms with Gasteiger partial charge in [0.2, 0.25) is 0 Å². The van der Waals surface area contributed by atoms with Gasteiger partial charge < -0.3 is 14.9 Å². The predicted octanol–water partition coefficient (Wildman–Crippen LogP) is 2.03. The van der Waals surface area contributed by atoms with Crippen molar-refractivity contribution in [3.8, 4) is 0 Å². The van der Waals surface area contributed by atoms with E-state index in [9.17, 15) is 4.79 Å². The Balaban J connectivity index is 2.09. The number of anilines is 1. The third kappa shape index (κ3) is 2.73. The van der Waals surface area contributed by atoms with Crippen molar-refractivity contribution in [3.05, 3.63) is 40.9 Å². The lowest BCUT2D eigenvalue weighted by Gasteiger charge is -2.05. The van der Waals surface area contributed by atoms with E-state index in [4.69, 9.17) is 21.2 Å². The molecule has 2 N–H and O–H groups in total. The van der Waals surface area contributed by atoms with Crippen LogP contribution in [0.1, 0.15) is 16.1 Å². The Morgan fingerprint density at radius 1 is 1.59 bits per heavy atom. The van der Waals surface area contributed by atoms with Crippen molar-refractivity contribution in [3.63, 3.8) is 0 Å². The number of pyridine rings is 1. The molecule has 2 aromatic rings. The molecule has 0 aromatic carbocycles. The van der Waals surface area contributed by atoms with Crippen molar-refractivity contribution in [1.29, 1.82) is 0 Å². The highest BCUT2D eigenvalue weighted by atomic mass is 35.5. The summed E-state index contributed by atoms with van der Waals surface area (Å²) in [6, 6.07) is 3.03. The van der Waals surface area contributed by atoms with Gasteiger partial charge in [-0.2, -0.15) is 0 Å². The zero-order chi connectivity index (χ0) is 12.3. The third-order valence-corrected chi connectivity index (χ3v) is 2.30. The lowest BCUT2D eigenvalue weighted by Crippen LogP contribution is -2.03. The molecule has 0 atom stereocenters. The number of nitrogens with one attached hydrogen (secondary N) is 1. The van der Waals surface area contributed by atoms with Crippen LogP contribution >= 0.6 is 11.6 Å². The molecule has 0 fully saturated rings. The number of halogens is 1. The smallest absolute Gasteiger partial charge is 0.337 e. The quantitative estimate of drug-likeness (QED) is 0.867. The summed E-state index contributed by atoms with van der Waals surface area (Å²) in [5.41, 5.74) is 0.0419. The summed E-state index contributed by atoms with van der Waals surface area (Å²) < 4.78 is 4.88. The summed E-state index contributed by atoms with van der Waals surface area (Å²) in [4.78, 5) is 14.6. The third-order valence-electron chi connectivity index (χ3n) is 2.01. The van der Waals surface area contributed by atoms with Crippen molar-refractivity contribution in [2.24, 2.45) is 0 Å². The number of hydrogen-bond donors (Lipinski definition) is 2. The van der Waals surface area contributed by atoms with Gasteiger partial charge in [0.1, 0.15) is 5.82 Å². The number of aromatic carboxylic acids is 1. The van der Waals surface area contributed by atoms with E-state index in [0.29, 0.717) is 18.1 Å². The maximum atomic E-state index is 10.7. The molecule has 0 aliphatic carbocycles. The molecule has 0 bridgehead atoms. The number of hydrogen-bond acceptors (Lipinski definition) is 5. The van der Waals surface area contributed by atoms with Crippen LogP contribution in [0.5, 0.6) is 0 Å². The van der Waals surface area contributed by atoms with Gasteiger partial charge in [-0.25, -0.2) is 9.78 Å². The molecule has 0 aliphatic heterocycles. The molecule has 0 amide bonds. The monoisotopic (exact) mass is 253 g/mol. The molecule has 17 heavy (non-hydrogen) atoms. The van der Waals surface area contributed by atoms with E-state index in [1.807, 2.05) is 0 Å². The molecule has 0 saturated carbocycles. The van der Waals surface area contributed by atoms with E-state index in [2.05, 4.69) is 15.5 Å². The van der Waals surface area contributed by atoms with Gasteiger partial charge in [-0.3, -0.25) is 0 Å². The number of rotatable bonds is 4. The van der Waals surface area contributed by atoms with E-state index in [1.54, 1.807) is 6.07 Å². The molecule has 0 unspecified atom stereocenters. The number of carbonyl (C=O) groups is 1. The van der Waals surface area contributed by atoms with Crippen molar-refractivity contribution < 1.29 is 14.4 Å². The normalized spacial score (nSPS) is 10.2. The van der Waals surface area contributed by atoms with Crippen LogP contribution in [0.15, 0.2) is 29.0 Å². The van der Waals surface area contributed by atoms with E-state index in [0.717, 1.165) is 0 Å². The first-order chi connectivity index (χ1) is 8.16. The first-order valence-electron chi connectivity index (χ1n) is 4.69. The van der Waals surface area contributed by atoms with Gasteiger partial charge in [0.15, 0.2) is 5.76 Å². The van der Waals surface area contributed by atoms with E-state index < -0.39 is 5.97 Å². The van der Waals surface area contributed by atoms with Crippen molar-refractivity contribution >= 4 is 23.4 Å². The summed E-state index contributed by atoms with van der Waals surface area (Å²) >= 11 is 5.88. The van der Waals surface area contributed by atoms with Crippen molar-refractivity contribution in [2.45, 2.75) is 6.54 Å². The number of carboxylic acid groups (broad SMARTS) is 1. The highest BCUT2D eigenvalue weighted by Gasteiger charge is 2.08. The minimum Gasteiger partial charge on any atom is -0.478 e. The average molecular weight is 254 g/mol. The minimum absolute atomic E-state index is 0.0419. The standard InChI is InChI=1S/C10H8ClN3O3/c11-8-3-6(10(15)16)4-12-9(8)13-5-7-1-2-14-17-7/h1-4H,5H2,(H,12,13)(H,15,16). The van der Waals surface area contributed by atoms with Crippen LogP contribution in [0.3, 0.4) is 0 Å². The van der Waals surface area contributed by atoms with Gasteiger partial charge in [0.25, 0.3) is 0 Å². The molecule has 0 radical (unpaired) electrons. The SMILES string of the molecule is O=C(O)c1cnc(NCc2ccno2)c(Cl)c1. The van der Waals surface area contributed by atoms with Crippen LogP contribution in [0, 0.1) is 0 Å². The molecular weight excluding hydrogens is 246 g/mol. The van der Waals surface area contributed by atoms with Crippen molar-refractivity contribution in [2.75, 3.05) is 5.32 Å². The van der Waals surface area contributed by atoms with Crippen LogP contribution in [0.4, 0.5) is 5.82 Å². The molecule has 7 heteroatoms. The van der Waals surface area contributed by atoms with Gasteiger partial charge >= 0.3 is 5.97 Å². The second kappa shape index (κ2) is 4.84. The molecule has 0 aliphatic rings. The second-order valence-electron chi connectivity index (χ2n) is 3.19. The van der Waals surface area contributed by atoms with Crippen LogP contribution in [0.25, 0.3) is 0 Å². The first kappa shape index (κ1) is 11.4. The highest BCUT2D eigenvalue weighted by molar-refractivity contribution is 6.33. The fourth-order valence-electron chi connectivity index (χ4n) is 1.19. The van der Waals surface area contributed by atoms with Gasteiger partial charge in [-0.05, 0) is 6.07 Å². The van der Waals surface area contributed by atoms with Gasteiger partial charge in [-0.15, -0.1) is 0 Å². The summed E-state index contributed by atoms with van der Waals surface area (Å²) in [5.74, 6) is -0.0422. The Labute approximate surface area is 101 Å². The predicted molar refractivity (Wildman–Crippen MR) is 60.0 cm³/mol. The van der Waals surface area contributed by atoms with Crippen LogP contribution in [-0.4, -0.2) is 21.2 Å². The zero-order valence-corrected chi connectivity index (χ0v) is 9.31. The van der Waals surface area contributed by atoms with E-state index in [-0.39, 0.29) is 10.6 Å². The fraction of sp³-hybridized carbons (Fsp3) is 0.100. The zero-order valence-electron chi connectivity index (χ0n) is 8.55. The molecule has 2 heterocycles. The van der Waals surface area contributed by atoms with Crippen LogP contribution in [-0.2, 0) is 6.54 Å². The fourth-order valence-corrected chi connectivity index (χ4v) is 1.42. The number of aromatic nitrogens is 2. The average Bonchev–Trinajstić information content (AvgIpc) is 2.80. The maximum absolute atomic E-state index is 10.7. The maximum Gasteiger partial charge on any atom is 0.337 e.